The molecule has 6 aromatic rings. The van der Waals surface area contributed by atoms with Crippen molar-refractivity contribution in [2.24, 2.45) is 20.5 Å². The summed E-state index contributed by atoms with van der Waals surface area (Å²) in [5, 5.41) is 42.1. The van der Waals surface area contributed by atoms with E-state index in [9.17, 15) is 54.1 Å². The van der Waals surface area contributed by atoms with E-state index in [2.05, 4.69) is 25.8 Å². The van der Waals surface area contributed by atoms with Crippen molar-refractivity contribution in [3.8, 4) is 17.2 Å². The molecule has 20 nitrogen and oxygen atoms in total. The van der Waals surface area contributed by atoms with E-state index >= 15 is 0 Å². The number of azo groups is 2. The van der Waals surface area contributed by atoms with Gasteiger partial charge in [-0.3, -0.25) is 23.8 Å². The minimum absolute atomic E-state index is 0.00122. The number of anilines is 2. The minimum Gasteiger partial charge on any atom is -0.505 e. The number of ether oxygens (including phenoxy) is 2. The Hall–Kier alpha value is -7.15. The number of aromatic hydroxyl groups is 1. The van der Waals surface area contributed by atoms with Crippen molar-refractivity contribution in [1.29, 1.82) is 0 Å². The molecule has 0 radical (unpaired) electrons. The van der Waals surface area contributed by atoms with E-state index in [0.29, 0.717) is 11.8 Å². The second-order valence-electron chi connectivity index (χ2n) is 12.6. The van der Waals surface area contributed by atoms with Crippen molar-refractivity contribution < 1.29 is 58.4 Å². The molecule has 0 aromatic heterocycles. The van der Waals surface area contributed by atoms with Gasteiger partial charge in [-0.25, -0.2) is 0 Å². The molecule has 0 amide bonds. The zero-order chi connectivity index (χ0) is 44.3. The molecule has 6 rings (SSSR count). The van der Waals surface area contributed by atoms with Gasteiger partial charge in [0.1, 0.15) is 43.2 Å². The number of hydrogen-bond donors (Lipinski definition) is 5. The molecule has 0 heterocycles. The summed E-state index contributed by atoms with van der Waals surface area (Å²) in [6.07, 6.45) is 2.14. The molecule has 0 atom stereocenters. The van der Waals surface area contributed by atoms with Gasteiger partial charge < -0.3 is 19.9 Å². The van der Waals surface area contributed by atoms with E-state index in [1.54, 1.807) is 12.1 Å². The van der Waals surface area contributed by atoms with Crippen molar-refractivity contribution in [1.82, 2.24) is 0 Å². The van der Waals surface area contributed by atoms with Crippen LogP contribution in [0.25, 0.3) is 22.9 Å². The fraction of sp³-hybridized carbons (Fsp3) is 0.0526. The van der Waals surface area contributed by atoms with Crippen LogP contribution in [-0.4, -0.2) is 63.2 Å². The molecule has 23 heteroatoms. The zero-order valence-electron chi connectivity index (χ0n) is 31.3. The summed E-state index contributed by atoms with van der Waals surface area (Å²) in [7, 11) is -12.3. The number of methoxy groups -OCH3 is 2. The number of para-hydroxylation sites is 1. The average Bonchev–Trinajstić information content (AvgIpc) is 3.21. The maximum atomic E-state index is 12.5. The second kappa shape index (κ2) is 17.2. The van der Waals surface area contributed by atoms with E-state index < -0.39 is 67.1 Å². The second-order valence-corrected chi connectivity index (χ2v) is 16.7. The lowest BCUT2D eigenvalue weighted by Crippen LogP contribution is -2.02. The first-order valence-corrected chi connectivity index (χ1v) is 21.3. The van der Waals surface area contributed by atoms with E-state index in [1.807, 2.05) is 30.3 Å². The largest absolute Gasteiger partial charge is 0.505 e. The lowest BCUT2D eigenvalue weighted by Gasteiger charge is -2.12. The predicted molar refractivity (Wildman–Crippen MR) is 221 cm³/mol. The van der Waals surface area contributed by atoms with Crippen LogP contribution in [0.3, 0.4) is 0 Å². The lowest BCUT2D eigenvalue weighted by molar-refractivity contribution is -0.385. The van der Waals surface area contributed by atoms with Crippen LogP contribution in [0, 0.1) is 10.1 Å². The maximum Gasteiger partial charge on any atom is 0.296 e. The number of benzene rings is 6. The number of hydrogen-bond acceptors (Lipinski definition) is 16. The zero-order valence-corrected chi connectivity index (χ0v) is 33.8. The third-order valence-corrected chi connectivity index (χ3v) is 11.3. The Morgan fingerprint density at radius 1 is 0.623 bits per heavy atom. The molecule has 61 heavy (non-hydrogen) atoms. The molecule has 0 saturated heterocycles. The van der Waals surface area contributed by atoms with E-state index in [1.165, 1.54) is 44.6 Å². The lowest BCUT2D eigenvalue weighted by atomic mass is 10.1. The Morgan fingerprint density at radius 3 is 1.74 bits per heavy atom. The highest BCUT2D eigenvalue weighted by Gasteiger charge is 2.24. The van der Waals surface area contributed by atoms with Crippen molar-refractivity contribution in [3.05, 3.63) is 124 Å². The van der Waals surface area contributed by atoms with Crippen LogP contribution in [0.15, 0.2) is 138 Å². The number of nitrogens with zero attached hydrogens (tertiary/aromatic N) is 5. The molecule has 0 aliphatic rings. The first-order chi connectivity index (χ1) is 28.8. The summed E-state index contributed by atoms with van der Waals surface area (Å²) in [6.45, 7) is 0. The van der Waals surface area contributed by atoms with Crippen LogP contribution in [0.1, 0.15) is 11.1 Å². The highest BCUT2D eigenvalue weighted by Crippen LogP contribution is 2.45. The first kappa shape index (κ1) is 43.4. The van der Waals surface area contributed by atoms with Gasteiger partial charge in [-0.2, -0.15) is 30.4 Å². The van der Waals surface area contributed by atoms with Gasteiger partial charge in [-0.1, -0.05) is 36.4 Å². The number of rotatable bonds is 14. The third-order valence-electron chi connectivity index (χ3n) is 8.61. The van der Waals surface area contributed by atoms with Crippen molar-refractivity contribution in [2.45, 2.75) is 14.7 Å². The fourth-order valence-corrected chi connectivity index (χ4v) is 7.84. The van der Waals surface area contributed by atoms with Crippen LogP contribution in [0.5, 0.6) is 17.2 Å². The Morgan fingerprint density at radius 2 is 1.18 bits per heavy atom. The van der Waals surface area contributed by atoms with Gasteiger partial charge in [0.2, 0.25) is 0 Å². The Bertz CT molecular complexity index is 3160. The molecular formula is C38H30N6O14S3. The molecule has 314 valence electrons. The molecule has 6 aromatic carbocycles. The summed E-state index contributed by atoms with van der Waals surface area (Å²) in [5.74, 6) is -0.614. The number of non-ortho nitro benzene ring substituents is 1. The summed E-state index contributed by atoms with van der Waals surface area (Å²) < 4.78 is 114. The predicted octanol–water partition coefficient (Wildman–Crippen LogP) is 8.96. The van der Waals surface area contributed by atoms with Gasteiger partial charge in [-0.05, 0) is 71.1 Å². The average molecular weight is 891 g/mol. The van der Waals surface area contributed by atoms with Gasteiger partial charge in [-0.15, -0.1) is 15.3 Å². The standard InChI is InChI=1S/C38H30N6O14S3/c1-57-32-21-31(42-43-37-36(61(54,55)56)17-24-16-26(13-15-29(24)38(37)45)39-25-6-4-3-5-7-25)33(58-2)20-30(32)41-40-27-12-10-22(34(18-27)59(48,49)50)8-9-23-11-14-28(44(46)47)19-35(23)60(51,52)53/h3-21,39,45H,1-2H3,(H,48,49,50)(H,51,52,53)(H,54,55,56)/b9-8-,41-40?,43-42?. The third kappa shape index (κ3) is 10.0. The Balaban J connectivity index is 1.32. The molecule has 0 unspecified atom stereocenters. The van der Waals surface area contributed by atoms with Gasteiger partial charge >= 0.3 is 0 Å². The number of nitro benzene ring substituents is 1. The minimum atomic E-state index is -4.96. The number of phenolic OH excluding ortho intramolecular Hbond substituents is 1. The summed E-state index contributed by atoms with van der Waals surface area (Å²) >= 11 is 0. The van der Waals surface area contributed by atoms with E-state index in [-0.39, 0.29) is 50.5 Å². The van der Waals surface area contributed by atoms with Crippen LogP contribution in [-0.2, 0) is 30.4 Å². The maximum absolute atomic E-state index is 12.5. The van der Waals surface area contributed by atoms with Crippen molar-refractivity contribution in [3.63, 3.8) is 0 Å². The summed E-state index contributed by atoms with van der Waals surface area (Å²) in [4.78, 5) is 8.00. The highest BCUT2D eigenvalue weighted by molar-refractivity contribution is 7.86. The van der Waals surface area contributed by atoms with Crippen molar-refractivity contribution in [2.75, 3.05) is 19.5 Å². The molecule has 0 aliphatic carbocycles. The van der Waals surface area contributed by atoms with E-state index in [4.69, 9.17) is 9.47 Å². The number of nitro groups is 1. The first-order valence-electron chi connectivity index (χ1n) is 17.0. The Labute approximate surface area is 346 Å². The van der Waals surface area contributed by atoms with Crippen LogP contribution >= 0.6 is 0 Å². The van der Waals surface area contributed by atoms with E-state index in [0.717, 1.165) is 42.1 Å². The molecule has 0 saturated carbocycles. The van der Waals surface area contributed by atoms with Gasteiger partial charge in [0.05, 0.1) is 24.8 Å². The number of nitrogens with one attached hydrogen (secondary N) is 1. The van der Waals surface area contributed by atoms with Crippen LogP contribution in [0.2, 0.25) is 0 Å². The molecule has 0 aliphatic heterocycles. The highest BCUT2D eigenvalue weighted by atomic mass is 32.2. The summed E-state index contributed by atoms with van der Waals surface area (Å²) in [6, 6.07) is 23.6. The van der Waals surface area contributed by atoms with Crippen molar-refractivity contribution >= 4 is 93.1 Å². The fourth-order valence-electron chi connectivity index (χ4n) is 5.77. The Kier molecular flexibility index (Phi) is 12.3. The van der Waals surface area contributed by atoms with Crippen LogP contribution < -0.4 is 14.8 Å². The van der Waals surface area contributed by atoms with Crippen LogP contribution in [0.4, 0.5) is 39.8 Å². The quantitative estimate of drug-likeness (QED) is 0.0224. The smallest absolute Gasteiger partial charge is 0.296 e. The molecule has 5 N–H and O–H groups in total. The monoisotopic (exact) mass is 890 g/mol. The SMILES string of the molecule is COc1cc(N=Nc2c(S(=O)(=O)O)cc3cc(Nc4ccccc4)ccc3c2O)c(OC)cc1N=Nc1ccc(/C=C\c2ccc([N+](=O)[O-])cc2S(=O)(=O)O)c(S(=O)(=O)O)c1. The topological polar surface area (TPSA) is 306 Å². The van der Waals surface area contributed by atoms with Gasteiger partial charge in [0.25, 0.3) is 36.0 Å². The molecule has 0 bridgehead atoms. The molecule has 0 spiro atoms. The van der Waals surface area contributed by atoms with Gasteiger partial charge in [0, 0.05) is 41.0 Å². The number of fused-ring (bicyclic) bond motifs is 1. The summed E-state index contributed by atoms with van der Waals surface area (Å²) in [5.41, 5.74) is -0.482. The number of phenols is 1. The molecular weight excluding hydrogens is 861 g/mol. The normalized spacial score (nSPS) is 12.4. The van der Waals surface area contributed by atoms with Gasteiger partial charge in [0.15, 0.2) is 5.75 Å². The molecule has 0 fully saturated rings.